The lowest BCUT2D eigenvalue weighted by Crippen LogP contribution is -2.50. The van der Waals surface area contributed by atoms with E-state index in [2.05, 4.69) is 16.0 Å². The van der Waals surface area contributed by atoms with Crippen LogP contribution in [-0.2, 0) is 25.6 Å². The molecule has 2 amide bonds. The second kappa shape index (κ2) is 8.96. The molecule has 25 heavy (non-hydrogen) atoms. The van der Waals surface area contributed by atoms with Gasteiger partial charge < -0.3 is 9.47 Å². The fraction of sp³-hybridized carbons (Fsp3) is 0.706. The third-order valence-electron chi connectivity index (χ3n) is 4.07. The second-order valence-electron chi connectivity index (χ2n) is 6.76. The molecule has 0 aliphatic carbocycles. The van der Waals surface area contributed by atoms with Crippen molar-refractivity contribution in [1.29, 1.82) is 0 Å². The van der Waals surface area contributed by atoms with Crippen molar-refractivity contribution in [3.63, 3.8) is 0 Å². The molecule has 0 spiro atoms. The number of rotatable bonds is 7. The summed E-state index contributed by atoms with van der Waals surface area (Å²) in [5, 5.41) is 4.22. The number of ether oxygens (including phenoxy) is 2. The van der Waals surface area contributed by atoms with Crippen molar-refractivity contribution >= 4 is 11.8 Å². The highest BCUT2D eigenvalue weighted by molar-refractivity contribution is 5.84. The molecule has 2 rings (SSSR count). The molecule has 0 aromatic carbocycles. The van der Waals surface area contributed by atoms with Gasteiger partial charge in [0.2, 0.25) is 0 Å². The van der Waals surface area contributed by atoms with E-state index < -0.39 is 6.10 Å². The molecule has 2 unspecified atom stereocenters. The molecule has 1 aromatic rings. The van der Waals surface area contributed by atoms with E-state index >= 15 is 0 Å². The maximum atomic E-state index is 12.3. The number of aryl methyl sites for hydroxylation is 2. The number of hydrogen-bond donors (Lipinski definition) is 2. The quantitative estimate of drug-likeness (QED) is 0.710. The number of carbonyl (C=O) groups excluding carboxylic acids is 2. The second-order valence-corrected chi connectivity index (χ2v) is 6.76. The lowest BCUT2D eigenvalue weighted by Gasteiger charge is -2.22. The zero-order valence-corrected chi connectivity index (χ0v) is 15.4. The summed E-state index contributed by atoms with van der Waals surface area (Å²) >= 11 is 0. The summed E-state index contributed by atoms with van der Waals surface area (Å²) in [5.41, 5.74) is 6.59. The van der Waals surface area contributed by atoms with Crippen LogP contribution in [0.25, 0.3) is 0 Å². The SMILES string of the molecule is Cc1cc(C)n(CC(=O)NNC(=O)C(OCC2CCCO2)C(C)C)n1. The maximum Gasteiger partial charge on any atom is 0.267 e. The van der Waals surface area contributed by atoms with Crippen LogP contribution in [0.1, 0.15) is 38.1 Å². The maximum absolute atomic E-state index is 12.3. The molecule has 1 fully saturated rings. The van der Waals surface area contributed by atoms with Gasteiger partial charge in [0.05, 0.1) is 18.4 Å². The van der Waals surface area contributed by atoms with Crippen LogP contribution in [-0.4, -0.2) is 47.0 Å². The lowest BCUT2D eigenvalue weighted by molar-refractivity contribution is -0.141. The number of aromatic nitrogens is 2. The highest BCUT2D eigenvalue weighted by atomic mass is 16.5. The zero-order chi connectivity index (χ0) is 18.4. The fourth-order valence-electron chi connectivity index (χ4n) is 2.77. The third kappa shape index (κ3) is 5.82. The number of hydrazine groups is 1. The van der Waals surface area contributed by atoms with Crippen LogP contribution in [0.4, 0.5) is 0 Å². The topological polar surface area (TPSA) is 94.5 Å². The van der Waals surface area contributed by atoms with Crippen LogP contribution in [0.3, 0.4) is 0 Å². The Labute approximate surface area is 148 Å². The summed E-state index contributed by atoms with van der Waals surface area (Å²) in [6, 6.07) is 1.89. The van der Waals surface area contributed by atoms with E-state index in [-0.39, 0.29) is 30.4 Å². The van der Waals surface area contributed by atoms with Crippen LogP contribution >= 0.6 is 0 Å². The first-order chi connectivity index (χ1) is 11.9. The van der Waals surface area contributed by atoms with E-state index in [0.717, 1.165) is 30.8 Å². The van der Waals surface area contributed by atoms with Gasteiger partial charge in [0, 0.05) is 12.3 Å². The Bertz CT molecular complexity index is 593. The molecule has 0 radical (unpaired) electrons. The minimum Gasteiger partial charge on any atom is -0.376 e. The van der Waals surface area contributed by atoms with Gasteiger partial charge in [-0.25, -0.2) is 0 Å². The number of hydrogen-bond acceptors (Lipinski definition) is 5. The Hall–Kier alpha value is -1.93. The van der Waals surface area contributed by atoms with Crippen LogP contribution < -0.4 is 10.9 Å². The van der Waals surface area contributed by atoms with Gasteiger partial charge >= 0.3 is 0 Å². The van der Waals surface area contributed by atoms with E-state index in [1.165, 1.54) is 0 Å². The van der Waals surface area contributed by atoms with E-state index in [1.54, 1.807) is 4.68 Å². The zero-order valence-electron chi connectivity index (χ0n) is 15.4. The molecular weight excluding hydrogens is 324 g/mol. The fourth-order valence-corrected chi connectivity index (χ4v) is 2.77. The molecule has 8 heteroatoms. The van der Waals surface area contributed by atoms with Gasteiger partial charge in [-0.2, -0.15) is 5.10 Å². The molecule has 8 nitrogen and oxygen atoms in total. The Balaban J connectivity index is 1.79. The van der Waals surface area contributed by atoms with E-state index in [0.29, 0.717) is 6.61 Å². The molecule has 1 aromatic heterocycles. The highest BCUT2D eigenvalue weighted by Crippen LogP contribution is 2.15. The summed E-state index contributed by atoms with van der Waals surface area (Å²) in [7, 11) is 0. The Morgan fingerprint density at radius 2 is 2.16 bits per heavy atom. The van der Waals surface area contributed by atoms with Gasteiger partial charge in [0.1, 0.15) is 12.6 Å². The molecule has 140 valence electrons. The molecule has 0 saturated carbocycles. The number of nitrogens with zero attached hydrogens (tertiary/aromatic N) is 2. The number of nitrogens with one attached hydrogen (secondary N) is 2. The minimum atomic E-state index is -0.641. The van der Waals surface area contributed by atoms with Crippen molar-refractivity contribution in [3.05, 3.63) is 17.5 Å². The molecule has 2 atom stereocenters. The number of amides is 2. The van der Waals surface area contributed by atoms with Gasteiger partial charge in [-0.05, 0) is 38.7 Å². The van der Waals surface area contributed by atoms with Crippen LogP contribution in [0.5, 0.6) is 0 Å². The highest BCUT2D eigenvalue weighted by Gasteiger charge is 2.26. The van der Waals surface area contributed by atoms with E-state index in [4.69, 9.17) is 9.47 Å². The van der Waals surface area contributed by atoms with Crippen LogP contribution in [0, 0.1) is 19.8 Å². The van der Waals surface area contributed by atoms with Gasteiger partial charge in [-0.1, -0.05) is 13.8 Å². The van der Waals surface area contributed by atoms with Crippen molar-refractivity contribution in [2.24, 2.45) is 5.92 Å². The molecule has 1 aliphatic heterocycles. The lowest BCUT2D eigenvalue weighted by atomic mass is 10.1. The predicted octanol–water partition coefficient (Wildman–Crippen LogP) is 0.868. The largest absolute Gasteiger partial charge is 0.376 e. The first kappa shape index (κ1) is 19.4. The van der Waals surface area contributed by atoms with Crippen molar-refractivity contribution in [1.82, 2.24) is 20.6 Å². The summed E-state index contributed by atoms with van der Waals surface area (Å²) in [5.74, 6) is -0.731. The van der Waals surface area contributed by atoms with E-state index in [1.807, 2.05) is 33.8 Å². The molecular formula is C17H28N4O4. The van der Waals surface area contributed by atoms with Crippen LogP contribution in [0.2, 0.25) is 0 Å². The standard InChI is InChI=1S/C17H28N4O4/c1-11(2)16(25-10-14-6-5-7-24-14)17(23)19-18-15(22)9-21-13(4)8-12(3)20-21/h8,11,14,16H,5-7,9-10H2,1-4H3,(H,18,22)(H,19,23). The Morgan fingerprint density at radius 3 is 2.72 bits per heavy atom. The van der Waals surface area contributed by atoms with Crippen molar-refractivity contribution in [2.45, 2.75) is 59.3 Å². The van der Waals surface area contributed by atoms with Crippen LogP contribution in [0.15, 0.2) is 6.07 Å². The number of carbonyl (C=O) groups is 2. The molecule has 0 bridgehead atoms. The van der Waals surface area contributed by atoms with Crippen molar-refractivity contribution < 1.29 is 19.1 Å². The van der Waals surface area contributed by atoms with Gasteiger partial charge in [0.15, 0.2) is 0 Å². The third-order valence-corrected chi connectivity index (χ3v) is 4.07. The van der Waals surface area contributed by atoms with E-state index in [9.17, 15) is 9.59 Å². The predicted molar refractivity (Wildman–Crippen MR) is 91.5 cm³/mol. The molecule has 1 aliphatic rings. The Morgan fingerprint density at radius 1 is 1.40 bits per heavy atom. The minimum absolute atomic E-state index is 0.0192. The van der Waals surface area contributed by atoms with Gasteiger partial charge in [-0.15, -0.1) is 0 Å². The van der Waals surface area contributed by atoms with Gasteiger partial charge in [-0.3, -0.25) is 25.1 Å². The first-order valence-corrected chi connectivity index (χ1v) is 8.69. The summed E-state index contributed by atoms with van der Waals surface area (Å²) in [4.78, 5) is 24.3. The molecule has 2 heterocycles. The smallest absolute Gasteiger partial charge is 0.267 e. The summed E-state index contributed by atoms with van der Waals surface area (Å²) in [6.07, 6.45) is 1.38. The van der Waals surface area contributed by atoms with Crippen molar-refractivity contribution in [2.75, 3.05) is 13.2 Å². The monoisotopic (exact) mass is 352 g/mol. The van der Waals surface area contributed by atoms with Gasteiger partial charge in [0.25, 0.3) is 11.8 Å². The molecule has 2 N–H and O–H groups in total. The normalized spacial score (nSPS) is 18.4. The average molecular weight is 352 g/mol. The summed E-state index contributed by atoms with van der Waals surface area (Å²) in [6.45, 7) is 8.71. The molecule has 1 saturated heterocycles. The average Bonchev–Trinajstić information content (AvgIpc) is 3.15. The van der Waals surface area contributed by atoms with Crippen molar-refractivity contribution in [3.8, 4) is 0 Å². The summed E-state index contributed by atoms with van der Waals surface area (Å²) < 4.78 is 12.8. The Kier molecular flexibility index (Phi) is 6.95. The first-order valence-electron chi connectivity index (χ1n) is 8.69.